The molecule has 76 valence electrons. The van der Waals surface area contributed by atoms with Gasteiger partial charge in [-0.1, -0.05) is 0 Å². The molecule has 1 aliphatic rings. The third-order valence-corrected chi connectivity index (χ3v) is 2.29. The van der Waals surface area contributed by atoms with Crippen LogP contribution in [0, 0.1) is 0 Å². The second-order valence-corrected chi connectivity index (χ2v) is 3.20. The first kappa shape index (κ1) is 10.5. The molecule has 0 spiro atoms. The first-order valence-electron chi connectivity index (χ1n) is 4.56. The Morgan fingerprint density at radius 2 is 1.85 bits per heavy atom. The molecular formula is C9H16O4. The lowest BCUT2D eigenvalue weighted by Gasteiger charge is -2.26. The summed E-state index contributed by atoms with van der Waals surface area (Å²) < 4.78 is 15.1. The van der Waals surface area contributed by atoms with Crippen molar-refractivity contribution >= 4 is 6.47 Å². The molecule has 0 aliphatic heterocycles. The number of methoxy groups -OCH3 is 1. The molecule has 0 amide bonds. The number of hydrogen-bond donors (Lipinski definition) is 0. The third-order valence-electron chi connectivity index (χ3n) is 2.29. The maximum absolute atomic E-state index is 10.1. The Balaban J connectivity index is 2.11. The van der Waals surface area contributed by atoms with E-state index in [-0.39, 0.29) is 12.2 Å². The van der Waals surface area contributed by atoms with Gasteiger partial charge in [0.25, 0.3) is 6.47 Å². The molecule has 1 saturated carbocycles. The van der Waals surface area contributed by atoms with Gasteiger partial charge >= 0.3 is 0 Å². The smallest absolute Gasteiger partial charge is 0.293 e. The zero-order valence-corrected chi connectivity index (χ0v) is 7.90. The normalized spacial score (nSPS) is 28.4. The molecule has 4 heteroatoms. The van der Waals surface area contributed by atoms with E-state index in [9.17, 15) is 4.79 Å². The number of ether oxygens (including phenoxy) is 3. The van der Waals surface area contributed by atoms with Crippen LogP contribution in [-0.2, 0) is 19.0 Å². The Morgan fingerprint density at radius 3 is 2.38 bits per heavy atom. The number of rotatable bonds is 5. The van der Waals surface area contributed by atoms with Gasteiger partial charge in [0.2, 0.25) is 0 Å². The van der Waals surface area contributed by atoms with Crippen molar-refractivity contribution in [2.24, 2.45) is 0 Å². The van der Waals surface area contributed by atoms with Crippen molar-refractivity contribution in [3.05, 3.63) is 0 Å². The quantitative estimate of drug-likeness (QED) is 0.478. The van der Waals surface area contributed by atoms with Crippen LogP contribution in [0.25, 0.3) is 0 Å². The highest BCUT2D eigenvalue weighted by molar-refractivity contribution is 5.37. The largest absolute Gasteiger partial charge is 0.465 e. The fraction of sp³-hybridized carbons (Fsp3) is 0.889. The van der Waals surface area contributed by atoms with Crippen molar-refractivity contribution in [2.45, 2.75) is 37.9 Å². The van der Waals surface area contributed by atoms with E-state index in [4.69, 9.17) is 14.2 Å². The van der Waals surface area contributed by atoms with Gasteiger partial charge < -0.3 is 14.2 Å². The topological polar surface area (TPSA) is 44.8 Å². The van der Waals surface area contributed by atoms with Gasteiger partial charge in [0, 0.05) is 7.11 Å². The summed E-state index contributed by atoms with van der Waals surface area (Å²) in [7, 11) is 1.61. The Morgan fingerprint density at radius 1 is 1.23 bits per heavy atom. The molecule has 0 atom stereocenters. The monoisotopic (exact) mass is 188 g/mol. The minimum atomic E-state index is 0.0971. The lowest BCUT2D eigenvalue weighted by Crippen LogP contribution is -2.26. The molecule has 1 rings (SSSR count). The molecule has 13 heavy (non-hydrogen) atoms. The summed E-state index contributed by atoms with van der Waals surface area (Å²) in [5, 5.41) is 0. The fourth-order valence-corrected chi connectivity index (χ4v) is 1.58. The average molecular weight is 188 g/mol. The summed E-state index contributed by atoms with van der Waals surface area (Å²) in [6.07, 6.45) is 4.05. The highest BCUT2D eigenvalue weighted by atomic mass is 16.7. The van der Waals surface area contributed by atoms with E-state index in [1.807, 2.05) is 0 Å². The van der Waals surface area contributed by atoms with E-state index < -0.39 is 0 Å². The van der Waals surface area contributed by atoms with Gasteiger partial charge in [0.05, 0.1) is 6.10 Å². The number of carbonyl (C=O) groups excluding carboxylic acids is 1. The van der Waals surface area contributed by atoms with Crippen molar-refractivity contribution in [1.29, 1.82) is 0 Å². The average Bonchev–Trinajstić information content (AvgIpc) is 2.17. The lowest BCUT2D eigenvalue weighted by molar-refractivity contribution is -0.138. The van der Waals surface area contributed by atoms with Crippen LogP contribution in [0.2, 0.25) is 0 Å². The molecule has 0 saturated heterocycles. The highest BCUT2D eigenvalue weighted by Gasteiger charge is 2.22. The van der Waals surface area contributed by atoms with E-state index in [1.165, 1.54) is 0 Å². The summed E-state index contributed by atoms with van der Waals surface area (Å²) in [6, 6.07) is 0. The molecule has 1 fully saturated rings. The van der Waals surface area contributed by atoms with Crippen molar-refractivity contribution in [2.75, 3.05) is 13.9 Å². The predicted molar refractivity (Wildman–Crippen MR) is 46.2 cm³/mol. The molecule has 0 aromatic rings. The second kappa shape index (κ2) is 5.94. The molecule has 1 aliphatic carbocycles. The second-order valence-electron chi connectivity index (χ2n) is 3.20. The highest BCUT2D eigenvalue weighted by Crippen LogP contribution is 2.22. The van der Waals surface area contributed by atoms with E-state index in [2.05, 4.69) is 0 Å². The zero-order valence-electron chi connectivity index (χ0n) is 7.90. The molecule has 4 nitrogen and oxygen atoms in total. The van der Waals surface area contributed by atoms with Gasteiger partial charge in [-0.05, 0) is 25.7 Å². The summed E-state index contributed by atoms with van der Waals surface area (Å²) in [5.41, 5.74) is 0. The van der Waals surface area contributed by atoms with Gasteiger partial charge in [-0.15, -0.1) is 0 Å². The standard InChI is InChI=1S/C9H16O4/c1-11-7-13-9-4-2-8(3-5-9)12-6-10/h6,8-9H,2-5,7H2,1H3. The van der Waals surface area contributed by atoms with Crippen LogP contribution in [-0.4, -0.2) is 32.6 Å². The molecule has 0 heterocycles. The van der Waals surface area contributed by atoms with Gasteiger partial charge in [0.15, 0.2) is 0 Å². The first-order chi connectivity index (χ1) is 6.36. The Labute approximate surface area is 78.2 Å². The van der Waals surface area contributed by atoms with Crippen molar-refractivity contribution in [1.82, 2.24) is 0 Å². The molecule has 0 N–H and O–H groups in total. The van der Waals surface area contributed by atoms with Crippen LogP contribution in [0.3, 0.4) is 0 Å². The minimum Gasteiger partial charge on any atom is -0.465 e. The number of carbonyl (C=O) groups is 1. The van der Waals surface area contributed by atoms with Crippen LogP contribution in [0.4, 0.5) is 0 Å². The van der Waals surface area contributed by atoms with E-state index >= 15 is 0 Å². The molecule has 0 aromatic carbocycles. The summed E-state index contributed by atoms with van der Waals surface area (Å²) in [6.45, 7) is 0.880. The SMILES string of the molecule is COCOC1CCC(OC=O)CC1. The third kappa shape index (κ3) is 3.74. The van der Waals surface area contributed by atoms with Crippen LogP contribution < -0.4 is 0 Å². The Hall–Kier alpha value is -0.610. The molecule has 0 unspecified atom stereocenters. The van der Waals surface area contributed by atoms with Crippen LogP contribution in [0.5, 0.6) is 0 Å². The van der Waals surface area contributed by atoms with Crippen molar-refractivity contribution in [3.63, 3.8) is 0 Å². The number of hydrogen-bond acceptors (Lipinski definition) is 4. The van der Waals surface area contributed by atoms with Gasteiger partial charge in [0.1, 0.15) is 12.9 Å². The van der Waals surface area contributed by atoms with Crippen LogP contribution in [0.15, 0.2) is 0 Å². The maximum Gasteiger partial charge on any atom is 0.293 e. The van der Waals surface area contributed by atoms with Crippen molar-refractivity contribution < 1.29 is 19.0 Å². The van der Waals surface area contributed by atoms with Gasteiger partial charge in [-0.3, -0.25) is 4.79 Å². The maximum atomic E-state index is 10.1. The van der Waals surface area contributed by atoms with Gasteiger partial charge in [-0.25, -0.2) is 0 Å². The summed E-state index contributed by atoms with van der Waals surface area (Å²) >= 11 is 0. The molecular weight excluding hydrogens is 172 g/mol. The summed E-state index contributed by atoms with van der Waals surface area (Å²) in [4.78, 5) is 10.1. The Kier molecular flexibility index (Phi) is 4.78. The van der Waals surface area contributed by atoms with E-state index in [0.29, 0.717) is 13.3 Å². The fourth-order valence-electron chi connectivity index (χ4n) is 1.58. The minimum absolute atomic E-state index is 0.0971. The van der Waals surface area contributed by atoms with E-state index in [0.717, 1.165) is 25.7 Å². The van der Waals surface area contributed by atoms with Crippen LogP contribution in [0.1, 0.15) is 25.7 Å². The molecule has 0 radical (unpaired) electrons. The summed E-state index contributed by atoms with van der Waals surface area (Å²) in [5.74, 6) is 0. The van der Waals surface area contributed by atoms with Gasteiger partial charge in [-0.2, -0.15) is 0 Å². The zero-order chi connectivity index (χ0) is 9.52. The van der Waals surface area contributed by atoms with Crippen LogP contribution >= 0.6 is 0 Å². The predicted octanol–water partition coefficient (Wildman–Crippen LogP) is 1.09. The molecule has 0 aromatic heterocycles. The Bertz CT molecular complexity index is 141. The first-order valence-corrected chi connectivity index (χ1v) is 4.56. The molecule has 0 bridgehead atoms. The van der Waals surface area contributed by atoms with Crippen molar-refractivity contribution in [3.8, 4) is 0 Å². The van der Waals surface area contributed by atoms with E-state index in [1.54, 1.807) is 7.11 Å². The lowest BCUT2D eigenvalue weighted by atomic mass is 9.95.